The molecule has 2 aromatic heterocycles. The Bertz CT molecular complexity index is 1950. The van der Waals surface area contributed by atoms with Crippen molar-refractivity contribution in [2.75, 3.05) is 6.61 Å². The summed E-state index contributed by atoms with van der Waals surface area (Å²) in [5, 5.41) is 9.17. The van der Waals surface area contributed by atoms with Crippen LogP contribution in [0.3, 0.4) is 0 Å². The van der Waals surface area contributed by atoms with Gasteiger partial charge in [0.2, 0.25) is 0 Å². The largest absolute Gasteiger partial charge is 0.367 e. The van der Waals surface area contributed by atoms with Gasteiger partial charge >= 0.3 is 16.0 Å². The number of imidazole rings is 1. The molecule has 1 fully saturated rings. The quantitative estimate of drug-likeness (QED) is 0.214. The second kappa shape index (κ2) is 13.1. The summed E-state index contributed by atoms with van der Waals surface area (Å²) < 4.78 is 47.3. The molecule has 3 heterocycles. The second-order valence-corrected chi connectivity index (χ2v) is 12.1. The van der Waals surface area contributed by atoms with E-state index in [0.29, 0.717) is 0 Å². The molecule has 1 N–H and O–H groups in total. The van der Waals surface area contributed by atoms with Gasteiger partial charge in [0.15, 0.2) is 0 Å². The molecule has 0 bridgehead atoms. The molecule has 13 heteroatoms. The molecular formula is C33H29N5O7S. The fourth-order valence-electron chi connectivity index (χ4n) is 5.64. The van der Waals surface area contributed by atoms with Crippen LogP contribution in [0.15, 0.2) is 126 Å². The summed E-state index contributed by atoms with van der Waals surface area (Å²) in [4.78, 5) is 31.2. The lowest BCUT2D eigenvalue weighted by Gasteiger charge is -2.37. The molecule has 0 saturated carbocycles. The summed E-state index contributed by atoms with van der Waals surface area (Å²) in [6.07, 6.45) is 1.40. The minimum atomic E-state index is -4.35. The van der Waals surface area contributed by atoms with Crippen LogP contribution in [0.1, 0.15) is 34.9 Å². The van der Waals surface area contributed by atoms with E-state index in [1.54, 1.807) is 0 Å². The summed E-state index contributed by atoms with van der Waals surface area (Å²) in [5.41, 5.74) is -0.0786. The molecule has 0 amide bonds. The predicted molar refractivity (Wildman–Crippen MR) is 166 cm³/mol. The standard InChI is InChI=1S/C33H29N5O7S/c34-17-16-24-21-38(32(40)36-31(24)39)30-20-28(45-46(41,42)37-19-18-35-23-37)29(44-30)22-43-33(25-10-4-1-5-11-25,26-12-6-2-7-13-26)27-14-8-3-9-15-27/h1-15,18-19,21,23,28-30H,16,20,22H2,(H,36,39,40)/t28-,29+,30+/m0/s1. The highest BCUT2D eigenvalue weighted by Crippen LogP contribution is 2.42. The summed E-state index contributed by atoms with van der Waals surface area (Å²) in [5.74, 6) is 0. The van der Waals surface area contributed by atoms with E-state index in [-0.39, 0.29) is 25.0 Å². The van der Waals surface area contributed by atoms with Gasteiger partial charge in [0.25, 0.3) is 5.56 Å². The molecule has 0 spiro atoms. The zero-order valence-electron chi connectivity index (χ0n) is 24.4. The normalized spacial score (nSPS) is 18.3. The molecule has 0 aliphatic carbocycles. The van der Waals surface area contributed by atoms with Crippen LogP contribution in [0.5, 0.6) is 0 Å². The Morgan fingerprint density at radius 2 is 1.54 bits per heavy atom. The number of benzene rings is 3. The first kappa shape index (κ1) is 30.9. The third kappa shape index (κ3) is 6.07. The number of rotatable bonds is 11. The van der Waals surface area contributed by atoms with Crippen molar-refractivity contribution in [3.63, 3.8) is 0 Å². The summed E-state index contributed by atoms with van der Waals surface area (Å²) >= 11 is 0. The lowest BCUT2D eigenvalue weighted by atomic mass is 9.80. The van der Waals surface area contributed by atoms with E-state index in [1.807, 2.05) is 97.1 Å². The van der Waals surface area contributed by atoms with Crippen LogP contribution in [0, 0.1) is 11.3 Å². The number of hydrogen-bond acceptors (Lipinski definition) is 9. The molecule has 6 rings (SSSR count). The topological polar surface area (TPSA) is 158 Å². The number of aromatic nitrogens is 4. The van der Waals surface area contributed by atoms with Gasteiger partial charge in [-0.15, -0.1) is 0 Å². The van der Waals surface area contributed by atoms with E-state index in [4.69, 9.17) is 18.9 Å². The Morgan fingerprint density at radius 3 is 2.07 bits per heavy atom. The first-order valence-corrected chi connectivity index (χ1v) is 15.8. The van der Waals surface area contributed by atoms with Crippen molar-refractivity contribution in [1.82, 2.24) is 18.5 Å². The van der Waals surface area contributed by atoms with Gasteiger partial charge in [-0.05, 0) is 16.7 Å². The molecule has 1 aliphatic rings. The maximum atomic E-state index is 13.2. The molecule has 5 aromatic rings. The van der Waals surface area contributed by atoms with Crippen LogP contribution in [-0.2, 0) is 36.0 Å². The van der Waals surface area contributed by atoms with E-state index >= 15 is 0 Å². The van der Waals surface area contributed by atoms with Crippen molar-refractivity contribution >= 4 is 10.3 Å². The molecular weight excluding hydrogens is 610 g/mol. The average molecular weight is 640 g/mol. The zero-order valence-corrected chi connectivity index (χ0v) is 25.2. The van der Waals surface area contributed by atoms with E-state index in [0.717, 1.165) is 31.6 Å². The predicted octanol–water partition coefficient (Wildman–Crippen LogP) is 3.27. The fraction of sp³-hybridized carbons (Fsp3) is 0.212. The summed E-state index contributed by atoms with van der Waals surface area (Å²) in [6.45, 7) is -0.164. The molecule has 3 atom stereocenters. The van der Waals surface area contributed by atoms with Crippen LogP contribution in [0.25, 0.3) is 0 Å². The number of nitriles is 1. The minimum Gasteiger partial charge on any atom is -0.358 e. The summed E-state index contributed by atoms with van der Waals surface area (Å²) in [7, 11) is -4.35. The number of aromatic amines is 1. The van der Waals surface area contributed by atoms with Crippen LogP contribution < -0.4 is 11.2 Å². The van der Waals surface area contributed by atoms with E-state index in [9.17, 15) is 18.0 Å². The minimum absolute atomic E-state index is 0.0603. The Labute approximate surface area is 264 Å². The van der Waals surface area contributed by atoms with Gasteiger partial charge in [-0.3, -0.25) is 14.3 Å². The molecule has 46 heavy (non-hydrogen) atoms. The Hall–Kier alpha value is -5.13. The molecule has 1 saturated heterocycles. The third-order valence-electron chi connectivity index (χ3n) is 7.79. The lowest BCUT2D eigenvalue weighted by Crippen LogP contribution is -2.39. The van der Waals surface area contributed by atoms with Crippen molar-refractivity contribution in [3.05, 3.63) is 159 Å². The average Bonchev–Trinajstić information content (AvgIpc) is 3.76. The van der Waals surface area contributed by atoms with Crippen LogP contribution in [-0.4, -0.2) is 45.7 Å². The Kier molecular flexibility index (Phi) is 8.78. The summed E-state index contributed by atoms with van der Waals surface area (Å²) in [6, 6.07) is 30.8. The fourth-order valence-corrected chi connectivity index (χ4v) is 6.62. The maximum Gasteiger partial charge on any atom is 0.367 e. The van der Waals surface area contributed by atoms with Crippen LogP contribution in [0.4, 0.5) is 0 Å². The van der Waals surface area contributed by atoms with Gasteiger partial charge in [-0.25, -0.2) is 17.9 Å². The zero-order chi connectivity index (χ0) is 32.1. The van der Waals surface area contributed by atoms with Crippen molar-refractivity contribution in [1.29, 1.82) is 5.26 Å². The van der Waals surface area contributed by atoms with Gasteiger partial charge in [0.1, 0.15) is 30.4 Å². The van der Waals surface area contributed by atoms with Crippen molar-refractivity contribution < 1.29 is 22.1 Å². The van der Waals surface area contributed by atoms with Crippen molar-refractivity contribution in [2.45, 2.75) is 36.9 Å². The first-order chi connectivity index (χ1) is 22.3. The smallest absolute Gasteiger partial charge is 0.358 e. The molecule has 1 aliphatic heterocycles. The Balaban J connectivity index is 1.41. The van der Waals surface area contributed by atoms with Crippen molar-refractivity contribution in [3.8, 4) is 6.07 Å². The van der Waals surface area contributed by atoms with Gasteiger partial charge in [0.05, 0.1) is 19.1 Å². The SMILES string of the molecule is N#CCc1cn([C@H]2C[C@H](OS(=O)(=O)n3ccnc3)[C@@H](COC(c3ccccc3)(c3ccccc3)c3ccccc3)O2)c(=O)[nH]c1=O. The van der Waals surface area contributed by atoms with Gasteiger partial charge in [-0.1, -0.05) is 91.0 Å². The van der Waals surface area contributed by atoms with Crippen LogP contribution in [0.2, 0.25) is 0 Å². The molecule has 0 unspecified atom stereocenters. The number of nitrogens with zero attached hydrogens (tertiary/aromatic N) is 4. The highest BCUT2D eigenvalue weighted by atomic mass is 32.2. The van der Waals surface area contributed by atoms with Gasteiger partial charge in [-0.2, -0.15) is 13.7 Å². The van der Waals surface area contributed by atoms with Gasteiger partial charge < -0.3 is 9.47 Å². The van der Waals surface area contributed by atoms with E-state index < -0.39 is 45.6 Å². The van der Waals surface area contributed by atoms with E-state index in [2.05, 4.69) is 9.97 Å². The lowest BCUT2D eigenvalue weighted by molar-refractivity contribution is -0.0912. The highest BCUT2D eigenvalue weighted by molar-refractivity contribution is 7.85. The molecule has 234 valence electrons. The molecule has 0 radical (unpaired) electrons. The second-order valence-electron chi connectivity index (χ2n) is 10.6. The van der Waals surface area contributed by atoms with E-state index in [1.165, 1.54) is 18.6 Å². The van der Waals surface area contributed by atoms with Crippen molar-refractivity contribution in [2.24, 2.45) is 0 Å². The third-order valence-corrected chi connectivity index (χ3v) is 9.01. The molecule has 12 nitrogen and oxygen atoms in total. The monoisotopic (exact) mass is 639 g/mol. The molecule has 3 aromatic carbocycles. The number of ether oxygens (including phenoxy) is 2. The van der Waals surface area contributed by atoms with Gasteiger partial charge in [0, 0.05) is 30.6 Å². The Morgan fingerprint density at radius 1 is 0.957 bits per heavy atom. The number of H-pyrrole nitrogens is 1. The number of nitrogens with one attached hydrogen (secondary N) is 1. The first-order valence-electron chi connectivity index (χ1n) is 14.4. The maximum absolute atomic E-state index is 13.2. The van der Waals surface area contributed by atoms with Crippen LogP contribution >= 0.6 is 0 Å². The highest BCUT2D eigenvalue weighted by Gasteiger charge is 2.44. The number of hydrogen-bond donors (Lipinski definition) is 1.